The van der Waals surface area contributed by atoms with E-state index in [2.05, 4.69) is 17.2 Å². The molecule has 0 aromatic carbocycles. The number of hydrogen-bond acceptors (Lipinski definition) is 2. The van der Waals surface area contributed by atoms with E-state index in [1.54, 1.807) is 0 Å². The van der Waals surface area contributed by atoms with Gasteiger partial charge in [0.15, 0.2) is 0 Å². The predicted molar refractivity (Wildman–Crippen MR) is 67.5 cm³/mol. The van der Waals surface area contributed by atoms with E-state index in [1.165, 1.54) is 31.2 Å². The van der Waals surface area contributed by atoms with Gasteiger partial charge in [0.2, 0.25) is 0 Å². The van der Waals surface area contributed by atoms with Crippen molar-refractivity contribution in [2.24, 2.45) is 5.41 Å². The summed E-state index contributed by atoms with van der Waals surface area (Å²) in [5, 5.41) is 4.08. The summed E-state index contributed by atoms with van der Waals surface area (Å²) in [6.07, 6.45) is 7.34. The van der Waals surface area contributed by atoms with E-state index in [1.807, 2.05) is 18.3 Å². The Labute approximate surface area is 102 Å². The van der Waals surface area contributed by atoms with Crippen LogP contribution in [-0.4, -0.2) is 11.5 Å². The summed E-state index contributed by atoms with van der Waals surface area (Å²) in [5.74, 6) is 0. The first-order valence-electron chi connectivity index (χ1n) is 5.99. The Morgan fingerprint density at radius 2 is 2.12 bits per heavy atom. The smallest absolute Gasteiger partial charge is 0.129 e. The van der Waals surface area contributed by atoms with E-state index in [0.717, 1.165) is 13.1 Å². The predicted octanol–water partition coefficient (Wildman–Crippen LogP) is 3.40. The van der Waals surface area contributed by atoms with Gasteiger partial charge in [-0.2, -0.15) is 0 Å². The van der Waals surface area contributed by atoms with Crippen LogP contribution in [0.5, 0.6) is 0 Å². The Morgan fingerprint density at radius 1 is 1.38 bits per heavy atom. The van der Waals surface area contributed by atoms with Crippen LogP contribution in [0, 0.1) is 5.41 Å². The van der Waals surface area contributed by atoms with Gasteiger partial charge in [-0.05, 0) is 29.9 Å². The van der Waals surface area contributed by atoms with Gasteiger partial charge >= 0.3 is 0 Å². The van der Waals surface area contributed by atoms with Gasteiger partial charge in [-0.25, -0.2) is 4.98 Å². The minimum atomic E-state index is 0.514. The van der Waals surface area contributed by atoms with Gasteiger partial charge in [0.05, 0.1) is 0 Å². The second-order valence-electron chi connectivity index (χ2n) is 5.11. The summed E-state index contributed by atoms with van der Waals surface area (Å²) < 4.78 is 0. The molecule has 16 heavy (non-hydrogen) atoms. The summed E-state index contributed by atoms with van der Waals surface area (Å²) in [6.45, 7) is 4.38. The third kappa shape index (κ3) is 3.19. The Morgan fingerprint density at radius 3 is 2.75 bits per heavy atom. The normalized spacial score (nSPS) is 18.9. The standard InChI is InChI=1S/C13H19ClN2/c1-13(6-2-3-7-13)10-15-8-11-4-5-12(14)16-9-11/h4-5,9,15H,2-3,6-8,10H2,1H3. The molecule has 0 unspecified atom stereocenters. The molecular weight excluding hydrogens is 220 g/mol. The molecule has 0 bridgehead atoms. The van der Waals surface area contributed by atoms with Gasteiger partial charge in [-0.3, -0.25) is 0 Å². The second kappa shape index (κ2) is 5.15. The highest BCUT2D eigenvalue weighted by atomic mass is 35.5. The molecule has 0 amide bonds. The van der Waals surface area contributed by atoms with Crippen LogP contribution < -0.4 is 5.32 Å². The van der Waals surface area contributed by atoms with Crippen LogP contribution in [-0.2, 0) is 6.54 Å². The first-order valence-corrected chi connectivity index (χ1v) is 6.37. The summed E-state index contributed by atoms with van der Waals surface area (Å²) in [4.78, 5) is 4.07. The minimum absolute atomic E-state index is 0.514. The highest BCUT2D eigenvalue weighted by Gasteiger charge is 2.27. The molecule has 1 aliphatic rings. The molecule has 1 aromatic rings. The van der Waals surface area contributed by atoms with Crippen LogP contribution in [0.4, 0.5) is 0 Å². The van der Waals surface area contributed by atoms with Crippen molar-refractivity contribution in [3.63, 3.8) is 0 Å². The van der Waals surface area contributed by atoms with Gasteiger partial charge in [0.1, 0.15) is 5.15 Å². The molecule has 0 aliphatic heterocycles. The van der Waals surface area contributed by atoms with E-state index in [4.69, 9.17) is 11.6 Å². The third-order valence-corrected chi connectivity index (χ3v) is 3.70. The van der Waals surface area contributed by atoms with E-state index in [0.29, 0.717) is 10.6 Å². The average Bonchev–Trinajstić information content (AvgIpc) is 2.69. The molecule has 0 radical (unpaired) electrons. The van der Waals surface area contributed by atoms with Gasteiger partial charge in [0.25, 0.3) is 0 Å². The van der Waals surface area contributed by atoms with Crippen LogP contribution >= 0.6 is 11.6 Å². The lowest BCUT2D eigenvalue weighted by Gasteiger charge is -2.23. The van der Waals surface area contributed by atoms with Crippen molar-refractivity contribution in [3.05, 3.63) is 29.0 Å². The molecule has 0 atom stereocenters. The zero-order valence-electron chi connectivity index (χ0n) is 9.80. The van der Waals surface area contributed by atoms with Crippen LogP contribution in [0.25, 0.3) is 0 Å². The first kappa shape index (κ1) is 11.9. The molecule has 1 N–H and O–H groups in total. The fourth-order valence-corrected chi connectivity index (χ4v) is 2.54. The Bertz CT molecular complexity index is 328. The maximum Gasteiger partial charge on any atom is 0.129 e. The molecule has 1 saturated carbocycles. The largest absolute Gasteiger partial charge is 0.312 e. The first-order chi connectivity index (χ1) is 7.68. The van der Waals surface area contributed by atoms with E-state index in [9.17, 15) is 0 Å². The zero-order chi connectivity index (χ0) is 11.4. The number of halogens is 1. The highest BCUT2D eigenvalue weighted by molar-refractivity contribution is 6.29. The van der Waals surface area contributed by atoms with Crippen LogP contribution in [0.3, 0.4) is 0 Å². The molecular formula is C13H19ClN2. The number of nitrogens with one attached hydrogen (secondary N) is 1. The molecule has 0 saturated heterocycles. The number of nitrogens with zero attached hydrogens (tertiary/aromatic N) is 1. The lowest BCUT2D eigenvalue weighted by molar-refractivity contribution is 0.314. The van der Waals surface area contributed by atoms with Crippen molar-refractivity contribution < 1.29 is 0 Å². The van der Waals surface area contributed by atoms with Gasteiger partial charge in [-0.15, -0.1) is 0 Å². The fraction of sp³-hybridized carbons (Fsp3) is 0.615. The monoisotopic (exact) mass is 238 g/mol. The molecule has 2 nitrogen and oxygen atoms in total. The maximum absolute atomic E-state index is 5.74. The van der Waals surface area contributed by atoms with Crippen molar-refractivity contribution in [2.75, 3.05) is 6.54 Å². The molecule has 2 rings (SSSR count). The average molecular weight is 239 g/mol. The van der Waals surface area contributed by atoms with E-state index >= 15 is 0 Å². The third-order valence-electron chi connectivity index (χ3n) is 3.48. The van der Waals surface area contributed by atoms with Crippen molar-refractivity contribution in [1.29, 1.82) is 0 Å². The van der Waals surface area contributed by atoms with Crippen molar-refractivity contribution in [3.8, 4) is 0 Å². The number of hydrogen-bond donors (Lipinski definition) is 1. The Hall–Kier alpha value is -0.600. The number of aromatic nitrogens is 1. The maximum atomic E-state index is 5.74. The molecule has 3 heteroatoms. The van der Waals surface area contributed by atoms with Crippen LogP contribution in [0.15, 0.2) is 18.3 Å². The lowest BCUT2D eigenvalue weighted by atomic mass is 9.89. The SMILES string of the molecule is CC1(CNCc2ccc(Cl)nc2)CCCC1. The summed E-state index contributed by atoms with van der Waals surface area (Å²) in [5.41, 5.74) is 1.71. The second-order valence-corrected chi connectivity index (χ2v) is 5.50. The Balaban J connectivity index is 1.77. The number of rotatable bonds is 4. The minimum Gasteiger partial charge on any atom is -0.312 e. The molecule has 0 spiro atoms. The molecule has 1 aliphatic carbocycles. The van der Waals surface area contributed by atoms with Crippen LogP contribution in [0.1, 0.15) is 38.2 Å². The molecule has 1 heterocycles. The van der Waals surface area contributed by atoms with Crippen molar-refractivity contribution in [1.82, 2.24) is 10.3 Å². The van der Waals surface area contributed by atoms with Crippen molar-refractivity contribution >= 4 is 11.6 Å². The van der Waals surface area contributed by atoms with Crippen LogP contribution in [0.2, 0.25) is 5.15 Å². The fourth-order valence-electron chi connectivity index (χ4n) is 2.42. The van der Waals surface area contributed by atoms with E-state index in [-0.39, 0.29) is 0 Å². The molecule has 88 valence electrons. The molecule has 1 aromatic heterocycles. The lowest BCUT2D eigenvalue weighted by Crippen LogP contribution is -2.29. The quantitative estimate of drug-likeness (QED) is 0.814. The summed E-state index contributed by atoms with van der Waals surface area (Å²) in [7, 11) is 0. The summed E-state index contributed by atoms with van der Waals surface area (Å²) >= 11 is 5.74. The van der Waals surface area contributed by atoms with Gasteiger partial charge < -0.3 is 5.32 Å². The Kier molecular flexibility index (Phi) is 3.82. The van der Waals surface area contributed by atoms with E-state index < -0.39 is 0 Å². The summed E-state index contributed by atoms with van der Waals surface area (Å²) in [6, 6.07) is 3.87. The van der Waals surface area contributed by atoms with Gasteiger partial charge in [0, 0.05) is 19.3 Å². The topological polar surface area (TPSA) is 24.9 Å². The number of pyridine rings is 1. The van der Waals surface area contributed by atoms with Crippen molar-refractivity contribution in [2.45, 2.75) is 39.2 Å². The molecule has 1 fully saturated rings. The highest BCUT2D eigenvalue weighted by Crippen LogP contribution is 2.36. The zero-order valence-corrected chi connectivity index (χ0v) is 10.6. The van der Waals surface area contributed by atoms with Gasteiger partial charge in [-0.1, -0.05) is 37.4 Å².